The number of ether oxygens (including phenoxy) is 3. The van der Waals surface area contributed by atoms with Gasteiger partial charge in [0.1, 0.15) is 12.2 Å². The van der Waals surface area contributed by atoms with E-state index in [4.69, 9.17) is 14.2 Å². The van der Waals surface area contributed by atoms with Gasteiger partial charge in [0.15, 0.2) is 18.5 Å². The van der Waals surface area contributed by atoms with Gasteiger partial charge >= 0.3 is 5.97 Å². The van der Waals surface area contributed by atoms with Crippen LogP contribution >= 0.6 is 0 Å². The normalized spacial score (nSPS) is 32.1. The predicted molar refractivity (Wildman–Crippen MR) is 88.4 cm³/mol. The molecule has 24 heavy (non-hydrogen) atoms. The van der Waals surface area contributed by atoms with E-state index in [2.05, 4.69) is 6.92 Å². The van der Waals surface area contributed by atoms with Crippen molar-refractivity contribution in [2.75, 3.05) is 6.61 Å². The Morgan fingerprint density at radius 1 is 0.917 bits per heavy atom. The first-order valence-electron chi connectivity index (χ1n) is 9.49. The van der Waals surface area contributed by atoms with Crippen LogP contribution in [0.3, 0.4) is 0 Å². The molecular weight excluding hydrogens is 312 g/mol. The Kier molecular flexibility index (Phi) is 8.45. The molecule has 0 aliphatic carbocycles. The van der Waals surface area contributed by atoms with E-state index in [0.717, 1.165) is 12.8 Å². The molecule has 1 unspecified atom stereocenters. The minimum absolute atomic E-state index is 0.502. The monoisotopic (exact) mass is 344 g/mol. The van der Waals surface area contributed by atoms with Crippen molar-refractivity contribution in [1.29, 1.82) is 0 Å². The lowest BCUT2D eigenvalue weighted by atomic mass is 10.1. The summed E-state index contributed by atoms with van der Waals surface area (Å²) >= 11 is 0. The Morgan fingerprint density at radius 3 is 2.08 bits per heavy atom. The van der Waals surface area contributed by atoms with Crippen LogP contribution in [-0.4, -0.2) is 53.5 Å². The van der Waals surface area contributed by atoms with Crippen LogP contribution in [0.4, 0.5) is 0 Å². The molecule has 0 amide bonds. The van der Waals surface area contributed by atoms with Gasteiger partial charge in [-0.25, -0.2) is 4.79 Å². The second-order valence-electron chi connectivity index (χ2n) is 6.86. The van der Waals surface area contributed by atoms with Crippen molar-refractivity contribution < 1.29 is 29.2 Å². The molecule has 0 bridgehead atoms. The number of aliphatic hydroxyl groups is 2. The molecular formula is C18H32O6. The number of fused-ring (bicyclic) bond motifs is 1. The molecule has 0 radical (unpaired) electrons. The molecule has 2 aliphatic heterocycles. The van der Waals surface area contributed by atoms with E-state index in [1.807, 2.05) is 0 Å². The minimum Gasteiger partial charge on any atom is -0.454 e. The van der Waals surface area contributed by atoms with Crippen molar-refractivity contribution in [1.82, 2.24) is 0 Å². The number of hydrogen-bond donors (Lipinski definition) is 2. The average Bonchev–Trinajstić information content (AvgIpc) is 3.03. The molecule has 5 atom stereocenters. The van der Waals surface area contributed by atoms with E-state index in [9.17, 15) is 15.0 Å². The fourth-order valence-corrected chi connectivity index (χ4v) is 3.32. The highest BCUT2D eigenvalue weighted by atomic mass is 16.7. The second kappa shape index (κ2) is 10.3. The summed E-state index contributed by atoms with van der Waals surface area (Å²) in [4.78, 5) is 11.2. The van der Waals surface area contributed by atoms with E-state index in [1.165, 1.54) is 51.4 Å². The molecule has 0 saturated carbocycles. The van der Waals surface area contributed by atoms with Crippen LogP contribution in [0.1, 0.15) is 71.1 Å². The van der Waals surface area contributed by atoms with Gasteiger partial charge in [0.05, 0.1) is 0 Å². The summed E-state index contributed by atoms with van der Waals surface area (Å²) in [6.45, 7) is 2.74. The first kappa shape index (κ1) is 19.6. The summed E-state index contributed by atoms with van der Waals surface area (Å²) in [6, 6.07) is 0. The summed E-state index contributed by atoms with van der Waals surface area (Å²) in [5.74, 6) is -0.739. The lowest BCUT2D eigenvalue weighted by molar-refractivity contribution is -0.187. The van der Waals surface area contributed by atoms with Crippen molar-refractivity contribution >= 4 is 5.97 Å². The maximum absolute atomic E-state index is 11.2. The maximum atomic E-state index is 11.2. The van der Waals surface area contributed by atoms with Gasteiger partial charge in [-0.2, -0.15) is 0 Å². The van der Waals surface area contributed by atoms with Crippen molar-refractivity contribution in [3.05, 3.63) is 0 Å². The summed E-state index contributed by atoms with van der Waals surface area (Å²) < 4.78 is 15.8. The van der Waals surface area contributed by atoms with Crippen LogP contribution in [0.25, 0.3) is 0 Å². The Labute approximate surface area is 144 Å². The van der Waals surface area contributed by atoms with Gasteiger partial charge in [-0.15, -0.1) is 0 Å². The molecule has 2 rings (SSSR count). The van der Waals surface area contributed by atoms with Crippen molar-refractivity contribution in [3.63, 3.8) is 0 Å². The zero-order chi connectivity index (χ0) is 17.4. The summed E-state index contributed by atoms with van der Waals surface area (Å²) in [5, 5.41) is 19.6. The molecule has 2 aliphatic rings. The van der Waals surface area contributed by atoms with E-state index in [-0.39, 0.29) is 0 Å². The number of carbonyl (C=O) groups excluding carboxylic acids is 1. The highest BCUT2D eigenvalue weighted by molar-refractivity contribution is 5.78. The lowest BCUT2D eigenvalue weighted by Crippen LogP contribution is -2.33. The maximum Gasteiger partial charge on any atom is 0.338 e. The molecule has 140 valence electrons. The molecule has 2 heterocycles. The molecule has 0 aromatic rings. The van der Waals surface area contributed by atoms with Gasteiger partial charge in [0, 0.05) is 6.61 Å². The molecule has 6 heteroatoms. The van der Waals surface area contributed by atoms with Crippen molar-refractivity contribution in [3.8, 4) is 0 Å². The van der Waals surface area contributed by atoms with Crippen LogP contribution in [-0.2, 0) is 19.0 Å². The van der Waals surface area contributed by atoms with Gasteiger partial charge in [0.25, 0.3) is 0 Å². The Bertz CT molecular complexity index is 375. The number of hydrogen-bond acceptors (Lipinski definition) is 6. The van der Waals surface area contributed by atoms with Crippen LogP contribution in [0, 0.1) is 0 Å². The van der Waals surface area contributed by atoms with Crippen molar-refractivity contribution in [2.24, 2.45) is 0 Å². The number of rotatable bonds is 12. The third-order valence-corrected chi connectivity index (χ3v) is 4.82. The van der Waals surface area contributed by atoms with Gasteiger partial charge in [-0.1, -0.05) is 64.7 Å². The Hall–Kier alpha value is -0.690. The molecule has 0 aromatic heterocycles. The average molecular weight is 344 g/mol. The number of esters is 1. The van der Waals surface area contributed by atoms with Crippen LogP contribution < -0.4 is 0 Å². The summed E-state index contributed by atoms with van der Waals surface area (Å²) in [5.41, 5.74) is 0. The molecule has 0 aromatic carbocycles. The third kappa shape index (κ3) is 5.41. The minimum atomic E-state index is -1.32. The van der Waals surface area contributed by atoms with Crippen molar-refractivity contribution in [2.45, 2.75) is 102 Å². The third-order valence-electron chi connectivity index (χ3n) is 4.82. The highest BCUT2D eigenvalue weighted by Crippen LogP contribution is 2.32. The molecule has 6 nitrogen and oxygen atoms in total. The van der Waals surface area contributed by atoms with E-state index in [1.54, 1.807) is 0 Å². The summed E-state index contributed by atoms with van der Waals surface area (Å²) in [7, 11) is 0. The number of unbranched alkanes of at least 4 members (excludes halogenated alkanes) is 9. The highest BCUT2D eigenvalue weighted by Gasteiger charge is 2.56. The lowest BCUT2D eigenvalue weighted by Gasteiger charge is -2.17. The topological polar surface area (TPSA) is 85.2 Å². The fraction of sp³-hybridized carbons (Fsp3) is 0.944. The largest absolute Gasteiger partial charge is 0.454 e. The first-order valence-corrected chi connectivity index (χ1v) is 9.49. The van der Waals surface area contributed by atoms with Crippen LogP contribution in [0.15, 0.2) is 0 Å². The van der Waals surface area contributed by atoms with E-state index in [0.29, 0.717) is 6.61 Å². The Balaban J connectivity index is 1.45. The molecule has 2 saturated heterocycles. The van der Waals surface area contributed by atoms with Crippen LogP contribution in [0.5, 0.6) is 0 Å². The zero-order valence-electron chi connectivity index (χ0n) is 14.7. The molecule has 2 N–H and O–H groups in total. The van der Waals surface area contributed by atoms with E-state index >= 15 is 0 Å². The summed E-state index contributed by atoms with van der Waals surface area (Å²) in [6.07, 6.45) is 7.69. The smallest absolute Gasteiger partial charge is 0.338 e. The first-order chi connectivity index (χ1) is 11.6. The van der Waals surface area contributed by atoms with Gasteiger partial charge in [-0.3, -0.25) is 0 Å². The standard InChI is InChI=1S/C18H32O6/c1-2-3-4-5-6-7-8-9-10-11-12-22-18-14(20)16-15(24-18)13(19)17(21)23-16/h13-16,18-20H,2-12H2,1H3/t13-,14-,15+,16+,18?/m0/s1. The Morgan fingerprint density at radius 2 is 1.50 bits per heavy atom. The SMILES string of the molecule is CCCCCCCCCCCCOC1O[C@H]2[C@H](OC(=O)[C@H]2O)[C@@H]1O. The van der Waals surface area contributed by atoms with Gasteiger partial charge in [-0.05, 0) is 6.42 Å². The van der Waals surface area contributed by atoms with Gasteiger partial charge < -0.3 is 24.4 Å². The fourth-order valence-electron chi connectivity index (χ4n) is 3.32. The number of aliphatic hydroxyl groups excluding tert-OH is 2. The molecule has 0 spiro atoms. The molecule has 2 fully saturated rings. The quantitative estimate of drug-likeness (QED) is 0.417. The van der Waals surface area contributed by atoms with Crippen LogP contribution in [0.2, 0.25) is 0 Å². The van der Waals surface area contributed by atoms with Gasteiger partial charge in [0.2, 0.25) is 0 Å². The number of carbonyl (C=O) groups is 1. The second-order valence-corrected chi connectivity index (χ2v) is 6.86. The zero-order valence-corrected chi connectivity index (χ0v) is 14.7. The predicted octanol–water partition coefficient (Wildman–Crippen LogP) is 2.30. The van der Waals surface area contributed by atoms with E-state index < -0.39 is 36.7 Å².